The summed E-state index contributed by atoms with van der Waals surface area (Å²) in [5.41, 5.74) is 2.34. The molecule has 2 aliphatic heterocycles. The van der Waals surface area contributed by atoms with E-state index in [9.17, 15) is 14.7 Å². The maximum atomic E-state index is 13.3. The summed E-state index contributed by atoms with van der Waals surface area (Å²) < 4.78 is 11.6. The molecule has 1 saturated heterocycles. The normalized spacial score (nSPS) is 20.9. The largest absolute Gasteiger partial charge is 0.507 e. The monoisotopic (exact) mass is 478 g/mol. The lowest BCUT2D eigenvalue weighted by atomic mass is 9.94. The molecular weight excluding hydrogens is 444 g/mol. The van der Waals surface area contributed by atoms with E-state index in [0.717, 1.165) is 36.3 Å². The number of benzene rings is 2. The van der Waals surface area contributed by atoms with Crippen LogP contribution in [0.1, 0.15) is 49.4 Å². The molecule has 2 aromatic carbocycles. The molecule has 1 N–H and O–H groups in total. The summed E-state index contributed by atoms with van der Waals surface area (Å²) in [4.78, 5) is 30.1. The molecule has 0 spiro atoms. The molecule has 1 amide bonds. The van der Waals surface area contributed by atoms with Crippen molar-refractivity contribution in [3.05, 3.63) is 64.7 Å². The summed E-state index contributed by atoms with van der Waals surface area (Å²) >= 11 is 0. The van der Waals surface area contributed by atoms with Gasteiger partial charge in [0.25, 0.3) is 11.7 Å². The van der Waals surface area contributed by atoms with Gasteiger partial charge in [-0.3, -0.25) is 9.59 Å². The van der Waals surface area contributed by atoms with Crippen molar-refractivity contribution in [1.82, 2.24) is 9.80 Å². The zero-order valence-electron chi connectivity index (χ0n) is 20.9. The lowest BCUT2D eigenvalue weighted by Gasteiger charge is -2.26. The molecule has 2 heterocycles. The van der Waals surface area contributed by atoms with Crippen molar-refractivity contribution in [1.29, 1.82) is 0 Å². The number of ether oxygens (including phenoxy) is 2. The lowest BCUT2D eigenvalue weighted by molar-refractivity contribution is -0.139. The number of likely N-dealkylation sites (tertiary alicyclic amines) is 1. The van der Waals surface area contributed by atoms with Crippen LogP contribution in [-0.4, -0.2) is 66.5 Å². The summed E-state index contributed by atoms with van der Waals surface area (Å²) in [5.74, 6) is 0.0451. The first kappa shape index (κ1) is 24.8. The van der Waals surface area contributed by atoms with Gasteiger partial charge in [0, 0.05) is 18.5 Å². The molecule has 7 nitrogen and oxygen atoms in total. The Hall–Kier alpha value is -3.32. The fourth-order valence-corrected chi connectivity index (χ4v) is 4.73. The second-order valence-corrected chi connectivity index (χ2v) is 9.53. The van der Waals surface area contributed by atoms with Crippen LogP contribution >= 0.6 is 0 Å². The quantitative estimate of drug-likeness (QED) is 0.331. The number of amides is 1. The third kappa shape index (κ3) is 5.20. The van der Waals surface area contributed by atoms with E-state index in [1.54, 1.807) is 11.0 Å². The number of rotatable bonds is 9. The van der Waals surface area contributed by atoms with Crippen molar-refractivity contribution in [3.8, 4) is 11.5 Å². The standard InChI is InChI=1S/C28H34N2O5/c1-5-14-34-22-9-6-8-19(17-22)25-24(27(32)28(33)30(25)13-7-12-29(3)4)26(31)20-10-11-23-21(16-20)15-18(2)35-23/h6,8-11,16-18,25,31H,5,7,12-15H2,1-4H3/t18-,25-/m1/s1. The molecule has 35 heavy (non-hydrogen) atoms. The molecule has 2 aliphatic rings. The summed E-state index contributed by atoms with van der Waals surface area (Å²) in [7, 11) is 3.94. The van der Waals surface area contributed by atoms with Crippen molar-refractivity contribution < 1.29 is 24.2 Å². The number of ketones is 1. The zero-order valence-corrected chi connectivity index (χ0v) is 20.9. The molecular formula is C28H34N2O5. The molecule has 2 atom stereocenters. The smallest absolute Gasteiger partial charge is 0.295 e. The highest BCUT2D eigenvalue weighted by molar-refractivity contribution is 6.46. The topological polar surface area (TPSA) is 79.3 Å². The average Bonchev–Trinajstić information content (AvgIpc) is 3.33. The number of Topliss-reactive ketones (excluding diaryl/α,β-unsaturated/α-hetero) is 1. The predicted octanol–water partition coefficient (Wildman–Crippen LogP) is 4.17. The van der Waals surface area contributed by atoms with Crippen molar-refractivity contribution in [2.45, 2.75) is 45.3 Å². The summed E-state index contributed by atoms with van der Waals surface area (Å²) in [6.07, 6.45) is 2.37. The molecule has 0 aliphatic carbocycles. The number of carbonyl (C=O) groups is 2. The summed E-state index contributed by atoms with van der Waals surface area (Å²) in [6, 6.07) is 12.2. The van der Waals surface area contributed by atoms with E-state index >= 15 is 0 Å². The van der Waals surface area contributed by atoms with Gasteiger partial charge >= 0.3 is 0 Å². The minimum absolute atomic E-state index is 0.0653. The Morgan fingerprint density at radius 1 is 1.20 bits per heavy atom. The Morgan fingerprint density at radius 2 is 2.00 bits per heavy atom. The molecule has 0 radical (unpaired) electrons. The number of fused-ring (bicyclic) bond motifs is 1. The molecule has 4 rings (SSSR count). The van der Waals surface area contributed by atoms with Crippen molar-refractivity contribution in [2.75, 3.05) is 33.8 Å². The average molecular weight is 479 g/mol. The van der Waals surface area contributed by atoms with Gasteiger partial charge in [0.05, 0.1) is 18.2 Å². The van der Waals surface area contributed by atoms with Crippen molar-refractivity contribution >= 4 is 17.4 Å². The number of carbonyl (C=O) groups excluding carboxylic acids is 2. The Kier molecular flexibility index (Phi) is 7.45. The molecule has 0 saturated carbocycles. The Balaban J connectivity index is 1.77. The van der Waals surface area contributed by atoms with Crippen molar-refractivity contribution in [3.63, 3.8) is 0 Å². The number of hydrogen-bond donors (Lipinski definition) is 1. The highest BCUT2D eigenvalue weighted by Crippen LogP contribution is 2.41. The van der Waals surface area contributed by atoms with Gasteiger partial charge in [-0.2, -0.15) is 0 Å². The van der Waals surface area contributed by atoms with Crippen LogP contribution < -0.4 is 9.47 Å². The van der Waals surface area contributed by atoms with Crippen LogP contribution in [0.2, 0.25) is 0 Å². The van der Waals surface area contributed by atoms with Gasteiger partial charge in [-0.1, -0.05) is 19.1 Å². The van der Waals surface area contributed by atoms with Crippen LogP contribution in [-0.2, 0) is 16.0 Å². The second kappa shape index (κ2) is 10.5. The maximum Gasteiger partial charge on any atom is 0.295 e. The second-order valence-electron chi connectivity index (χ2n) is 9.53. The SMILES string of the molecule is CCCOc1cccc([C@@H]2C(=C(O)c3ccc4c(c3)C[C@@H](C)O4)C(=O)C(=O)N2CCCN(C)C)c1. The van der Waals surface area contributed by atoms with Gasteiger partial charge in [0.1, 0.15) is 23.4 Å². The third-order valence-electron chi connectivity index (χ3n) is 6.36. The van der Waals surface area contributed by atoms with E-state index in [1.807, 2.05) is 69.2 Å². The number of hydrogen-bond acceptors (Lipinski definition) is 6. The van der Waals surface area contributed by atoms with Crippen LogP contribution in [0.15, 0.2) is 48.0 Å². The Labute approximate surface area is 206 Å². The van der Waals surface area contributed by atoms with Crippen LogP contribution in [0.5, 0.6) is 11.5 Å². The molecule has 1 fully saturated rings. The van der Waals surface area contributed by atoms with Gasteiger partial charge in [-0.05, 0) is 81.9 Å². The molecule has 2 aromatic rings. The lowest BCUT2D eigenvalue weighted by Crippen LogP contribution is -2.32. The minimum Gasteiger partial charge on any atom is -0.507 e. The third-order valence-corrected chi connectivity index (χ3v) is 6.36. The van der Waals surface area contributed by atoms with E-state index in [0.29, 0.717) is 30.9 Å². The Bertz CT molecular complexity index is 1140. The number of nitrogens with zero attached hydrogens (tertiary/aromatic N) is 2. The van der Waals surface area contributed by atoms with Crippen LogP contribution in [0.3, 0.4) is 0 Å². The highest BCUT2D eigenvalue weighted by atomic mass is 16.5. The van der Waals surface area contributed by atoms with Gasteiger partial charge in [-0.25, -0.2) is 0 Å². The first-order chi connectivity index (χ1) is 16.8. The van der Waals surface area contributed by atoms with Gasteiger partial charge in [-0.15, -0.1) is 0 Å². The molecule has 186 valence electrons. The summed E-state index contributed by atoms with van der Waals surface area (Å²) in [5, 5.41) is 11.4. The van der Waals surface area contributed by atoms with Crippen LogP contribution in [0, 0.1) is 0 Å². The zero-order chi connectivity index (χ0) is 25.1. The van der Waals surface area contributed by atoms with E-state index in [2.05, 4.69) is 0 Å². The minimum atomic E-state index is -0.689. The molecule has 0 aromatic heterocycles. The van der Waals surface area contributed by atoms with Crippen LogP contribution in [0.4, 0.5) is 0 Å². The molecule has 0 bridgehead atoms. The first-order valence-corrected chi connectivity index (χ1v) is 12.3. The van der Waals surface area contributed by atoms with E-state index in [-0.39, 0.29) is 17.4 Å². The Morgan fingerprint density at radius 3 is 2.74 bits per heavy atom. The molecule has 7 heteroatoms. The van der Waals surface area contributed by atoms with Gasteiger partial charge in [0.2, 0.25) is 0 Å². The maximum absolute atomic E-state index is 13.3. The molecule has 0 unspecified atom stereocenters. The predicted molar refractivity (Wildman–Crippen MR) is 135 cm³/mol. The van der Waals surface area contributed by atoms with Crippen LogP contribution in [0.25, 0.3) is 5.76 Å². The van der Waals surface area contributed by atoms with Gasteiger partial charge < -0.3 is 24.4 Å². The van der Waals surface area contributed by atoms with Crippen molar-refractivity contribution in [2.24, 2.45) is 0 Å². The number of aliphatic hydroxyl groups excluding tert-OH is 1. The van der Waals surface area contributed by atoms with E-state index in [4.69, 9.17) is 9.47 Å². The van der Waals surface area contributed by atoms with Gasteiger partial charge in [0.15, 0.2) is 0 Å². The highest BCUT2D eigenvalue weighted by Gasteiger charge is 2.46. The van der Waals surface area contributed by atoms with E-state index < -0.39 is 17.7 Å². The van der Waals surface area contributed by atoms with E-state index in [1.165, 1.54) is 0 Å². The first-order valence-electron chi connectivity index (χ1n) is 12.3. The summed E-state index contributed by atoms with van der Waals surface area (Å²) in [6.45, 7) is 5.78. The number of aliphatic hydroxyl groups is 1. The fourth-order valence-electron chi connectivity index (χ4n) is 4.73. The fraction of sp³-hybridized carbons (Fsp3) is 0.429.